The standard InChI is InChI=1S/C24H33N3O5S/c1-4-6-12-27(13-7-5-2)21-15-18(23(28)29)16-24(3,33(25,30)31)22(21)32-19-8-9-20-17(14-19)10-11-26-20/h8-11,14-15,26H,4-7,12-13,16H2,1-3H3,(H,28,29)(H2,25,30,31). The highest BCUT2D eigenvalue weighted by Crippen LogP contribution is 2.41. The lowest BCUT2D eigenvalue weighted by atomic mass is 9.90. The number of allylic oxidation sites excluding steroid dienone is 1. The molecule has 180 valence electrons. The van der Waals surface area contributed by atoms with Gasteiger partial charge in [0.15, 0.2) is 0 Å². The quantitative estimate of drug-likeness (QED) is 0.449. The number of nitrogens with two attached hydrogens (primary N) is 1. The number of fused-ring (bicyclic) bond motifs is 1. The summed E-state index contributed by atoms with van der Waals surface area (Å²) in [7, 11) is -4.22. The average Bonchev–Trinajstić information content (AvgIpc) is 3.22. The molecule has 1 atom stereocenters. The summed E-state index contributed by atoms with van der Waals surface area (Å²) in [5.74, 6) is -0.541. The summed E-state index contributed by atoms with van der Waals surface area (Å²) in [6, 6.07) is 7.33. The van der Waals surface area contributed by atoms with Crippen molar-refractivity contribution in [1.29, 1.82) is 0 Å². The fourth-order valence-corrected chi connectivity index (χ4v) is 4.78. The molecule has 1 aromatic heterocycles. The second-order valence-corrected chi connectivity index (χ2v) is 10.7. The number of aromatic amines is 1. The molecule has 1 aliphatic rings. The Labute approximate surface area is 195 Å². The minimum absolute atomic E-state index is 0.00652. The van der Waals surface area contributed by atoms with Crippen molar-refractivity contribution in [2.75, 3.05) is 13.1 Å². The van der Waals surface area contributed by atoms with E-state index in [1.165, 1.54) is 6.92 Å². The molecule has 9 heteroatoms. The van der Waals surface area contributed by atoms with Crippen molar-refractivity contribution < 1.29 is 23.1 Å². The van der Waals surface area contributed by atoms with Gasteiger partial charge in [-0.25, -0.2) is 18.4 Å². The van der Waals surface area contributed by atoms with E-state index in [0.29, 0.717) is 24.5 Å². The zero-order chi connectivity index (χ0) is 24.2. The summed E-state index contributed by atoms with van der Waals surface area (Å²) in [6.07, 6.45) is 6.71. The van der Waals surface area contributed by atoms with E-state index in [1.54, 1.807) is 12.1 Å². The third kappa shape index (κ3) is 5.25. The molecule has 8 nitrogen and oxygen atoms in total. The third-order valence-corrected chi connectivity index (χ3v) is 7.69. The predicted molar refractivity (Wildman–Crippen MR) is 129 cm³/mol. The topological polar surface area (TPSA) is 126 Å². The Kier molecular flexibility index (Phi) is 7.54. The number of nitrogens with zero attached hydrogens (tertiary/aromatic N) is 1. The first-order valence-corrected chi connectivity index (χ1v) is 12.9. The van der Waals surface area contributed by atoms with Crippen molar-refractivity contribution >= 4 is 26.9 Å². The number of sulfonamides is 1. The number of nitrogens with one attached hydrogen (secondary N) is 1. The van der Waals surface area contributed by atoms with Gasteiger partial charge in [-0.1, -0.05) is 26.7 Å². The Morgan fingerprint density at radius 3 is 2.45 bits per heavy atom. The average molecular weight is 476 g/mol. The summed E-state index contributed by atoms with van der Waals surface area (Å²) in [5, 5.41) is 16.4. The zero-order valence-corrected chi connectivity index (χ0v) is 20.2. The molecule has 1 aromatic carbocycles. The molecule has 0 saturated carbocycles. The highest BCUT2D eigenvalue weighted by Gasteiger charge is 2.48. The van der Waals surface area contributed by atoms with Crippen LogP contribution >= 0.6 is 0 Å². The molecular weight excluding hydrogens is 442 g/mol. The summed E-state index contributed by atoms with van der Waals surface area (Å²) in [5.41, 5.74) is 1.38. The van der Waals surface area contributed by atoms with Gasteiger partial charge in [0, 0.05) is 42.2 Å². The first-order chi connectivity index (χ1) is 15.6. The maximum atomic E-state index is 12.9. The van der Waals surface area contributed by atoms with Crippen LogP contribution in [-0.2, 0) is 14.8 Å². The van der Waals surface area contributed by atoms with Crippen molar-refractivity contribution in [3.05, 3.63) is 53.6 Å². The van der Waals surface area contributed by atoms with E-state index in [9.17, 15) is 18.3 Å². The lowest BCUT2D eigenvalue weighted by Crippen LogP contribution is -2.48. The van der Waals surface area contributed by atoms with Crippen LogP contribution in [0.5, 0.6) is 5.75 Å². The monoisotopic (exact) mass is 475 g/mol. The van der Waals surface area contributed by atoms with Crippen LogP contribution in [0.4, 0.5) is 0 Å². The molecule has 1 heterocycles. The molecule has 3 rings (SSSR count). The fourth-order valence-electron chi connectivity index (χ4n) is 4.02. The summed E-state index contributed by atoms with van der Waals surface area (Å²) in [4.78, 5) is 17.1. The molecule has 0 spiro atoms. The lowest BCUT2D eigenvalue weighted by molar-refractivity contribution is -0.132. The smallest absolute Gasteiger partial charge is 0.331 e. The number of aliphatic carboxylic acids is 1. The van der Waals surface area contributed by atoms with Gasteiger partial charge in [-0.2, -0.15) is 0 Å². The van der Waals surface area contributed by atoms with Crippen LogP contribution in [0.1, 0.15) is 52.9 Å². The van der Waals surface area contributed by atoms with Gasteiger partial charge in [-0.15, -0.1) is 0 Å². The molecule has 1 unspecified atom stereocenters. The van der Waals surface area contributed by atoms with Gasteiger partial charge in [0.05, 0.1) is 5.70 Å². The van der Waals surface area contributed by atoms with Crippen LogP contribution in [-0.4, -0.2) is 47.2 Å². The van der Waals surface area contributed by atoms with Crippen molar-refractivity contribution in [3.8, 4) is 5.75 Å². The number of unbranched alkanes of at least 4 members (excludes halogenated alkanes) is 2. The molecular formula is C24H33N3O5S. The highest BCUT2D eigenvalue weighted by atomic mass is 32.2. The number of ether oxygens (including phenoxy) is 1. The number of carboxylic acid groups (broad SMARTS) is 1. The SMILES string of the molecule is CCCCN(CCCC)C1=C(Oc2ccc3[nH]ccc3c2)C(C)(S(N)(=O)=O)CC(C(=O)O)=C1. The molecule has 33 heavy (non-hydrogen) atoms. The molecule has 4 N–H and O–H groups in total. The lowest BCUT2D eigenvalue weighted by Gasteiger charge is -2.38. The van der Waals surface area contributed by atoms with Crippen molar-refractivity contribution in [2.45, 2.75) is 57.6 Å². The number of benzene rings is 1. The molecule has 0 bridgehead atoms. The van der Waals surface area contributed by atoms with Gasteiger partial charge in [-0.3, -0.25) is 0 Å². The Hall–Kier alpha value is -2.78. The number of H-pyrrole nitrogens is 1. The number of carbonyl (C=O) groups is 1. The van der Waals surface area contributed by atoms with Crippen LogP contribution in [0.3, 0.4) is 0 Å². The van der Waals surface area contributed by atoms with E-state index in [2.05, 4.69) is 18.8 Å². The first-order valence-electron chi connectivity index (χ1n) is 11.3. The molecule has 2 aromatic rings. The normalized spacial score (nSPS) is 19.0. The Bertz CT molecular complexity index is 1170. The Morgan fingerprint density at radius 1 is 1.21 bits per heavy atom. The third-order valence-electron chi connectivity index (χ3n) is 6.10. The zero-order valence-electron chi connectivity index (χ0n) is 19.4. The number of carboxylic acids is 1. The largest absolute Gasteiger partial charge is 0.478 e. The molecule has 1 aliphatic carbocycles. The van der Waals surface area contributed by atoms with E-state index in [4.69, 9.17) is 9.88 Å². The Morgan fingerprint density at radius 2 is 1.88 bits per heavy atom. The van der Waals surface area contributed by atoms with Crippen LogP contribution < -0.4 is 9.88 Å². The molecule has 0 amide bonds. The van der Waals surface area contributed by atoms with Gasteiger partial charge >= 0.3 is 5.97 Å². The maximum Gasteiger partial charge on any atom is 0.331 e. The Balaban J connectivity index is 2.22. The number of hydrogen-bond acceptors (Lipinski definition) is 5. The summed E-state index contributed by atoms with van der Waals surface area (Å²) in [6.45, 7) is 6.90. The van der Waals surface area contributed by atoms with Crippen molar-refractivity contribution in [1.82, 2.24) is 9.88 Å². The fraction of sp³-hybridized carbons (Fsp3) is 0.458. The van der Waals surface area contributed by atoms with Crippen LogP contribution in [0, 0.1) is 0 Å². The van der Waals surface area contributed by atoms with Crippen LogP contribution in [0.25, 0.3) is 10.9 Å². The second-order valence-electron chi connectivity index (χ2n) is 8.66. The maximum absolute atomic E-state index is 12.9. The second kappa shape index (κ2) is 10.0. The van der Waals surface area contributed by atoms with Gasteiger partial charge in [0.2, 0.25) is 10.0 Å². The summed E-state index contributed by atoms with van der Waals surface area (Å²) < 4.78 is 30.3. The van der Waals surface area contributed by atoms with Crippen LogP contribution in [0.2, 0.25) is 0 Å². The number of rotatable bonds is 11. The molecule has 0 aliphatic heterocycles. The number of hydrogen-bond donors (Lipinski definition) is 3. The van der Waals surface area contributed by atoms with Gasteiger partial charge in [0.1, 0.15) is 16.3 Å². The minimum atomic E-state index is -4.22. The van der Waals surface area contributed by atoms with Crippen molar-refractivity contribution in [3.63, 3.8) is 0 Å². The first kappa shape index (κ1) is 24.9. The van der Waals surface area contributed by atoms with E-state index >= 15 is 0 Å². The van der Waals surface area contributed by atoms with E-state index < -0.39 is 20.7 Å². The van der Waals surface area contributed by atoms with Gasteiger partial charge in [-0.05, 0) is 50.1 Å². The van der Waals surface area contributed by atoms with Gasteiger partial charge < -0.3 is 19.7 Å². The predicted octanol–water partition coefficient (Wildman–Crippen LogP) is 4.12. The van der Waals surface area contributed by atoms with E-state index in [0.717, 1.165) is 36.6 Å². The van der Waals surface area contributed by atoms with E-state index in [1.807, 2.05) is 29.3 Å². The number of aromatic nitrogens is 1. The molecule has 0 saturated heterocycles. The number of primary sulfonamides is 1. The van der Waals surface area contributed by atoms with Crippen molar-refractivity contribution in [2.24, 2.45) is 5.14 Å². The summed E-state index contributed by atoms with van der Waals surface area (Å²) >= 11 is 0. The van der Waals surface area contributed by atoms with E-state index in [-0.39, 0.29) is 17.8 Å². The molecule has 0 radical (unpaired) electrons. The van der Waals surface area contributed by atoms with Crippen LogP contribution in [0.15, 0.2) is 53.6 Å². The minimum Gasteiger partial charge on any atom is -0.478 e. The van der Waals surface area contributed by atoms with Gasteiger partial charge in [0.25, 0.3) is 0 Å². The highest BCUT2D eigenvalue weighted by molar-refractivity contribution is 7.90. The molecule has 0 fully saturated rings.